The lowest BCUT2D eigenvalue weighted by atomic mass is 10.1. The van der Waals surface area contributed by atoms with Gasteiger partial charge in [0.1, 0.15) is 0 Å². The Morgan fingerprint density at radius 2 is 1.50 bits per heavy atom. The van der Waals surface area contributed by atoms with Gasteiger partial charge in [-0.15, -0.1) is 0 Å². The quantitative estimate of drug-likeness (QED) is 0.621. The number of carbonyl (C=O) groups excluding carboxylic acids is 1. The maximum absolute atomic E-state index is 13.5. The molecule has 0 saturated heterocycles. The molecule has 2 aromatic rings. The SMILES string of the molecule is CC(CCc1ccccc1)P(=O)(C(=O)c1ccccc1)C(F)(F)F. The molecule has 0 aliphatic rings. The zero-order valence-corrected chi connectivity index (χ0v) is 14.1. The number of aryl methyl sites for hydroxylation is 1. The fourth-order valence-electron chi connectivity index (χ4n) is 2.54. The Labute approximate surface area is 139 Å². The van der Waals surface area contributed by atoms with Gasteiger partial charge in [-0.2, -0.15) is 13.2 Å². The second-order valence-corrected chi connectivity index (χ2v) is 8.78. The minimum atomic E-state index is -5.08. The molecule has 0 bridgehead atoms. The smallest absolute Gasteiger partial charge is 0.305 e. The third kappa shape index (κ3) is 3.78. The predicted molar refractivity (Wildman–Crippen MR) is 88.7 cm³/mol. The van der Waals surface area contributed by atoms with E-state index < -0.39 is 24.2 Å². The Hall–Kier alpha value is -1.87. The summed E-state index contributed by atoms with van der Waals surface area (Å²) in [6.45, 7) is 1.25. The Morgan fingerprint density at radius 1 is 1.00 bits per heavy atom. The number of carbonyl (C=O) groups is 1. The second-order valence-electron chi connectivity index (χ2n) is 5.67. The van der Waals surface area contributed by atoms with Crippen molar-refractivity contribution in [3.05, 3.63) is 71.8 Å². The second kappa shape index (κ2) is 7.35. The van der Waals surface area contributed by atoms with Crippen LogP contribution in [0.1, 0.15) is 29.3 Å². The first-order chi connectivity index (χ1) is 11.3. The van der Waals surface area contributed by atoms with Gasteiger partial charge in [-0.05, 0) is 18.4 Å². The van der Waals surface area contributed by atoms with E-state index in [1.807, 2.05) is 6.07 Å². The summed E-state index contributed by atoms with van der Waals surface area (Å²) in [7, 11) is -5.08. The van der Waals surface area contributed by atoms with Gasteiger partial charge in [0.25, 0.3) is 7.14 Å². The van der Waals surface area contributed by atoms with Crippen molar-refractivity contribution in [2.45, 2.75) is 31.3 Å². The highest BCUT2D eigenvalue weighted by Gasteiger charge is 2.59. The maximum Gasteiger partial charge on any atom is 0.447 e. The van der Waals surface area contributed by atoms with Crippen LogP contribution in [0.4, 0.5) is 13.2 Å². The van der Waals surface area contributed by atoms with Crippen molar-refractivity contribution in [2.75, 3.05) is 0 Å². The highest BCUT2D eigenvalue weighted by Crippen LogP contribution is 2.66. The van der Waals surface area contributed by atoms with Crippen molar-refractivity contribution in [2.24, 2.45) is 0 Å². The van der Waals surface area contributed by atoms with Crippen LogP contribution in [-0.4, -0.2) is 17.1 Å². The van der Waals surface area contributed by atoms with Gasteiger partial charge in [-0.25, -0.2) is 0 Å². The largest absolute Gasteiger partial charge is 0.447 e. The maximum atomic E-state index is 13.5. The molecule has 6 heteroatoms. The van der Waals surface area contributed by atoms with Crippen LogP contribution in [0.15, 0.2) is 60.7 Å². The van der Waals surface area contributed by atoms with Crippen LogP contribution in [0.3, 0.4) is 0 Å². The number of rotatable bonds is 6. The average Bonchev–Trinajstić information content (AvgIpc) is 2.59. The fourth-order valence-corrected chi connectivity index (χ4v) is 4.70. The van der Waals surface area contributed by atoms with E-state index in [1.165, 1.54) is 31.2 Å². The third-order valence-electron chi connectivity index (χ3n) is 4.01. The van der Waals surface area contributed by atoms with E-state index in [0.717, 1.165) is 5.56 Å². The van der Waals surface area contributed by atoms with E-state index in [9.17, 15) is 22.5 Å². The summed E-state index contributed by atoms with van der Waals surface area (Å²) in [5, 5.41) is 0. The van der Waals surface area contributed by atoms with E-state index in [-0.39, 0.29) is 12.0 Å². The molecule has 0 radical (unpaired) electrons. The van der Waals surface area contributed by atoms with Gasteiger partial charge in [0.2, 0.25) is 5.52 Å². The van der Waals surface area contributed by atoms with E-state index in [4.69, 9.17) is 0 Å². The standard InChI is InChI=1S/C18H18F3O2P/c1-14(12-13-15-8-4-2-5-9-15)24(23,18(19,20)21)17(22)16-10-6-3-7-11-16/h2-11,14H,12-13H2,1H3. The Bertz CT molecular complexity index is 727. The zero-order valence-electron chi connectivity index (χ0n) is 13.2. The van der Waals surface area contributed by atoms with Crippen LogP contribution >= 0.6 is 7.14 Å². The third-order valence-corrected chi connectivity index (χ3v) is 7.13. The molecule has 128 valence electrons. The van der Waals surface area contributed by atoms with Crippen LogP contribution in [0.2, 0.25) is 0 Å². The summed E-state index contributed by atoms with van der Waals surface area (Å²) in [6, 6.07) is 16.0. The molecule has 2 nitrogen and oxygen atoms in total. The summed E-state index contributed by atoms with van der Waals surface area (Å²) in [6.07, 6.45) is 0.365. The van der Waals surface area contributed by atoms with Gasteiger partial charge in [-0.1, -0.05) is 67.6 Å². The van der Waals surface area contributed by atoms with E-state index in [2.05, 4.69) is 0 Å². The van der Waals surface area contributed by atoms with Gasteiger partial charge in [-0.3, -0.25) is 4.79 Å². The number of benzene rings is 2. The molecular weight excluding hydrogens is 336 g/mol. The average molecular weight is 354 g/mol. The zero-order chi connectivity index (χ0) is 17.8. The van der Waals surface area contributed by atoms with Crippen LogP contribution in [0.5, 0.6) is 0 Å². The lowest BCUT2D eigenvalue weighted by Gasteiger charge is -2.26. The molecule has 24 heavy (non-hydrogen) atoms. The first-order valence-corrected chi connectivity index (χ1v) is 9.35. The van der Waals surface area contributed by atoms with Crippen molar-refractivity contribution in [1.29, 1.82) is 0 Å². The minimum Gasteiger partial charge on any atom is -0.305 e. The molecule has 2 rings (SSSR count). The Kier molecular flexibility index (Phi) is 5.66. The van der Waals surface area contributed by atoms with Gasteiger partial charge in [0.15, 0.2) is 0 Å². The summed E-state index contributed by atoms with van der Waals surface area (Å²) < 4.78 is 53.4. The Morgan fingerprint density at radius 3 is 2.00 bits per heavy atom. The minimum absolute atomic E-state index is 0.0272. The number of hydrogen-bond donors (Lipinski definition) is 0. The monoisotopic (exact) mass is 354 g/mol. The molecule has 0 aliphatic carbocycles. The molecule has 0 saturated carbocycles. The van der Waals surface area contributed by atoms with E-state index in [0.29, 0.717) is 6.42 Å². The summed E-state index contributed by atoms with van der Waals surface area (Å²) in [5.41, 5.74) is -1.89. The molecular formula is C18H18F3O2P. The van der Waals surface area contributed by atoms with Crippen molar-refractivity contribution < 1.29 is 22.5 Å². The lowest BCUT2D eigenvalue weighted by molar-refractivity contribution is -0.0467. The lowest BCUT2D eigenvalue weighted by Crippen LogP contribution is -2.25. The molecule has 0 spiro atoms. The molecule has 0 aromatic heterocycles. The molecule has 0 fully saturated rings. The number of hydrogen-bond acceptors (Lipinski definition) is 2. The van der Waals surface area contributed by atoms with Crippen molar-refractivity contribution in [3.63, 3.8) is 0 Å². The molecule has 0 aliphatic heterocycles. The first-order valence-electron chi connectivity index (χ1n) is 7.57. The molecule has 2 atom stereocenters. The van der Waals surface area contributed by atoms with E-state index in [1.54, 1.807) is 30.3 Å². The summed E-state index contributed by atoms with van der Waals surface area (Å²) in [4.78, 5) is 12.4. The Balaban J connectivity index is 2.27. The van der Waals surface area contributed by atoms with Crippen molar-refractivity contribution in [3.8, 4) is 0 Å². The molecule has 2 aromatic carbocycles. The highest BCUT2D eigenvalue weighted by atomic mass is 31.2. The number of halogens is 3. The molecule has 0 amide bonds. The van der Waals surface area contributed by atoms with Crippen LogP contribution in [0.25, 0.3) is 0 Å². The van der Waals surface area contributed by atoms with Crippen LogP contribution < -0.4 is 0 Å². The molecule has 0 heterocycles. The van der Waals surface area contributed by atoms with Crippen LogP contribution in [-0.2, 0) is 11.0 Å². The van der Waals surface area contributed by atoms with Gasteiger partial charge < -0.3 is 4.57 Å². The fraction of sp³-hybridized carbons (Fsp3) is 0.278. The molecule has 0 N–H and O–H groups in total. The normalized spacial score (nSPS) is 15.5. The molecule has 2 unspecified atom stereocenters. The van der Waals surface area contributed by atoms with Crippen molar-refractivity contribution in [1.82, 2.24) is 0 Å². The van der Waals surface area contributed by atoms with Crippen LogP contribution in [0, 0.1) is 0 Å². The number of alkyl halides is 3. The summed E-state index contributed by atoms with van der Waals surface area (Å²) in [5.74, 6) is -5.05. The highest BCUT2D eigenvalue weighted by molar-refractivity contribution is 7.82. The van der Waals surface area contributed by atoms with Gasteiger partial charge in [0.05, 0.1) is 0 Å². The summed E-state index contributed by atoms with van der Waals surface area (Å²) >= 11 is 0. The predicted octanol–water partition coefficient (Wildman–Crippen LogP) is 5.73. The van der Waals surface area contributed by atoms with Gasteiger partial charge >= 0.3 is 5.92 Å². The van der Waals surface area contributed by atoms with Gasteiger partial charge in [0, 0.05) is 11.2 Å². The first kappa shape index (κ1) is 18.5. The van der Waals surface area contributed by atoms with E-state index >= 15 is 0 Å². The topological polar surface area (TPSA) is 34.1 Å². The van der Waals surface area contributed by atoms with Crippen molar-refractivity contribution >= 4 is 12.7 Å².